The van der Waals surface area contributed by atoms with Crippen molar-refractivity contribution in [2.45, 2.75) is 0 Å². The molecule has 258 valence electrons. The summed E-state index contributed by atoms with van der Waals surface area (Å²) >= 11 is 0. The Morgan fingerprint density at radius 3 is 1.03 bits per heavy atom. The molecule has 0 saturated heterocycles. The summed E-state index contributed by atoms with van der Waals surface area (Å²) in [6.45, 7) is 0. The Bertz CT molecular complexity index is 3080. The molecule has 0 unspecified atom stereocenters. The third-order valence-corrected chi connectivity index (χ3v) is 9.82. The van der Waals surface area contributed by atoms with E-state index >= 15 is 0 Å². The summed E-state index contributed by atoms with van der Waals surface area (Å²) in [6, 6.07) is 44.1. The Hall–Kier alpha value is -10.0. The van der Waals surface area contributed by atoms with Crippen LogP contribution in [0.5, 0.6) is 0 Å². The maximum absolute atomic E-state index is 10.9. The van der Waals surface area contributed by atoms with Gasteiger partial charge < -0.3 is 0 Å². The normalized spacial score (nSPS) is 13.3. The molecule has 0 spiro atoms. The standard InChI is InChI=1S/C48H16N10/c49-17-27-11-31(19-51)43(29-7-3-1-4-8-29)35(13-27)39(23-55)37-15-33(21-53)45-42(26-58)48-38(16-34(22-54)46(48)41(25-57)47(37)45)40(24-56)36-14-28(18-50)12-32(20-52)44(36)30-9-5-2-6-10-30/h1-16H/b39-37+,40-38+. The lowest BCUT2D eigenvalue weighted by Crippen LogP contribution is -2.05. The van der Waals surface area contributed by atoms with Gasteiger partial charge in [-0.05, 0) is 47.5 Å². The molecule has 5 aromatic carbocycles. The lowest BCUT2D eigenvalue weighted by Gasteiger charge is -2.18. The van der Waals surface area contributed by atoms with Crippen LogP contribution in [0.1, 0.15) is 66.8 Å². The molecule has 0 atom stereocenters. The first kappa shape index (κ1) is 36.3. The Morgan fingerprint density at radius 2 is 0.741 bits per heavy atom. The van der Waals surface area contributed by atoms with Crippen molar-refractivity contribution in [3.05, 3.63) is 164 Å². The maximum atomic E-state index is 10.9. The minimum Gasteiger partial charge on any atom is -0.192 e. The highest BCUT2D eigenvalue weighted by atomic mass is 14.4. The van der Waals surface area contributed by atoms with Crippen molar-refractivity contribution in [3.8, 4) is 82.9 Å². The van der Waals surface area contributed by atoms with E-state index in [1.807, 2.05) is 12.1 Å². The Labute approximate surface area is 331 Å². The van der Waals surface area contributed by atoms with Gasteiger partial charge in [0.2, 0.25) is 0 Å². The van der Waals surface area contributed by atoms with Crippen molar-refractivity contribution >= 4 is 33.4 Å². The topological polar surface area (TPSA) is 238 Å². The number of fused-ring (bicyclic) bond motifs is 2. The van der Waals surface area contributed by atoms with Crippen LogP contribution in [0.3, 0.4) is 0 Å². The first-order valence-electron chi connectivity index (χ1n) is 17.0. The predicted molar refractivity (Wildman–Crippen MR) is 211 cm³/mol. The first-order chi connectivity index (χ1) is 28.4. The summed E-state index contributed by atoms with van der Waals surface area (Å²) in [6.07, 6.45) is 2.71. The highest BCUT2D eigenvalue weighted by Gasteiger charge is 2.38. The van der Waals surface area contributed by atoms with Crippen LogP contribution in [0.2, 0.25) is 0 Å². The highest BCUT2D eigenvalue weighted by molar-refractivity contribution is 6.20. The summed E-state index contributed by atoms with van der Waals surface area (Å²) in [7, 11) is 0. The molecule has 5 aromatic rings. The van der Waals surface area contributed by atoms with Gasteiger partial charge in [0, 0.05) is 55.7 Å². The van der Waals surface area contributed by atoms with Crippen LogP contribution in [-0.4, -0.2) is 0 Å². The Kier molecular flexibility index (Phi) is 9.25. The fourth-order valence-corrected chi connectivity index (χ4v) is 7.55. The summed E-state index contributed by atoms with van der Waals surface area (Å²) in [4.78, 5) is 0. The molecule has 7 rings (SSSR count). The number of allylic oxidation sites excluding steroid dienone is 8. The molecular weight excluding hydrogens is 717 g/mol. The van der Waals surface area contributed by atoms with Gasteiger partial charge in [0.05, 0.1) is 92.1 Å². The van der Waals surface area contributed by atoms with Gasteiger partial charge in [-0.2, -0.15) is 52.6 Å². The third-order valence-electron chi connectivity index (χ3n) is 9.82. The third kappa shape index (κ3) is 5.50. The quantitative estimate of drug-likeness (QED) is 0.159. The van der Waals surface area contributed by atoms with E-state index in [9.17, 15) is 52.6 Å². The zero-order valence-corrected chi connectivity index (χ0v) is 29.7. The van der Waals surface area contributed by atoms with Crippen LogP contribution in [0.4, 0.5) is 0 Å². The number of rotatable bonds is 4. The number of nitriles is 10. The second-order valence-electron chi connectivity index (χ2n) is 12.7. The molecule has 0 aromatic heterocycles. The van der Waals surface area contributed by atoms with Crippen molar-refractivity contribution in [1.82, 2.24) is 0 Å². The van der Waals surface area contributed by atoms with Crippen LogP contribution < -0.4 is 0 Å². The molecule has 0 N–H and O–H groups in total. The first-order valence-corrected chi connectivity index (χ1v) is 17.0. The van der Waals surface area contributed by atoms with Crippen molar-refractivity contribution < 1.29 is 0 Å². The average Bonchev–Trinajstić information content (AvgIpc) is 3.85. The number of hydrogen-bond donors (Lipinski definition) is 0. The SMILES string of the molecule is N#CC1=C/C(=C(/C#N)c2cc(C#N)cc(C#N)c2-c2ccccc2)c2c(C#N)c3c(c(C#N)c21)/C(=C(\C#N)c1cc(C#N)cc(C#N)c1-c1ccccc1)C=C3C#N. The maximum Gasteiger partial charge on any atom is 0.101 e. The number of hydrogen-bond acceptors (Lipinski definition) is 10. The van der Waals surface area contributed by atoms with Gasteiger partial charge in [-0.3, -0.25) is 0 Å². The highest BCUT2D eigenvalue weighted by Crippen LogP contribution is 2.53. The molecule has 10 heteroatoms. The van der Waals surface area contributed by atoms with Gasteiger partial charge in [0.25, 0.3) is 0 Å². The molecule has 58 heavy (non-hydrogen) atoms. The van der Waals surface area contributed by atoms with Crippen LogP contribution in [0.15, 0.2) is 97.1 Å². The molecule has 10 nitrogen and oxygen atoms in total. The molecule has 0 amide bonds. The van der Waals surface area contributed by atoms with Gasteiger partial charge in [-0.1, -0.05) is 60.7 Å². The molecule has 0 aliphatic heterocycles. The molecule has 0 fully saturated rings. The van der Waals surface area contributed by atoms with Gasteiger partial charge in [-0.15, -0.1) is 0 Å². The number of benzene rings is 5. The van der Waals surface area contributed by atoms with E-state index in [0.717, 1.165) is 0 Å². The zero-order valence-electron chi connectivity index (χ0n) is 29.7. The predicted octanol–water partition coefficient (Wildman–Crippen LogP) is 8.96. The lowest BCUT2D eigenvalue weighted by atomic mass is 9.80. The van der Waals surface area contributed by atoms with Gasteiger partial charge >= 0.3 is 0 Å². The van der Waals surface area contributed by atoms with Crippen molar-refractivity contribution in [2.75, 3.05) is 0 Å². The molecule has 0 heterocycles. The van der Waals surface area contributed by atoms with Gasteiger partial charge in [-0.25, -0.2) is 0 Å². The second kappa shape index (κ2) is 14.8. The molecule has 0 saturated carbocycles. The van der Waals surface area contributed by atoms with E-state index in [-0.39, 0.29) is 100 Å². The summed E-state index contributed by atoms with van der Waals surface area (Å²) in [5.74, 6) is 0. The van der Waals surface area contributed by atoms with Crippen LogP contribution in [-0.2, 0) is 0 Å². The lowest BCUT2D eigenvalue weighted by molar-refractivity contribution is 1.38. The van der Waals surface area contributed by atoms with E-state index in [1.165, 1.54) is 36.4 Å². The van der Waals surface area contributed by atoms with E-state index in [4.69, 9.17) is 0 Å². The van der Waals surface area contributed by atoms with Gasteiger partial charge in [0.1, 0.15) is 24.3 Å². The monoisotopic (exact) mass is 732 g/mol. The van der Waals surface area contributed by atoms with Crippen molar-refractivity contribution in [1.29, 1.82) is 52.6 Å². The fourth-order valence-electron chi connectivity index (χ4n) is 7.55. The van der Waals surface area contributed by atoms with E-state index < -0.39 is 0 Å². The molecule has 0 radical (unpaired) electrons. The van der Waals surface area contributed by atoms with Crippen LogP contribution >= 0.6 is 0 Å². The summed E-state index contributed by atoms with van der Waals surface area (Å²) in [5.41, 5.74) is 1.67. The van der Waals surface area contributed by atoms with E-state index in [0.29, 0.717) is 22.3 Å². The average molecular weight is 733 g/mol. The number of nitrogens with zero attached hydrogens (tertiary/aromatic N) is 10. The van der Waals surface area contributed by atoms with E-state index in [2.05, 4.69) is 48.6 Å². The molecule has 2 aliphatic rings. The molecule has 0 bridgehead atoms. The Morgan fingerprint density at radius 1 is 0.362 bits per heavy atom. The minimum atomic E-state index is -0.168. The van der Waals surface area contributed by atoms with Crippen LogP contribution in [0, 0.1) is 113 Å². The second-order valence-corrected chi connectivity index (χ2v) is 12.7. The molecular formula is C48H16N10. The van der Waals surface area contributed by atoms with Crippen molar-refractivity contribution in [3.63, 3.8) is 0 Å². The minimum absolute atomic E-state index is 0.00917. The smallest absolute Gasteiger partial charge is 0.101 e. The summed E-state index contributed by atoms with van der Waals surface area (Å²) < 4.78 is 0. The largest absolute Gasteiger partial charge is 0.192 e. The van der Waals surface area contributed by atoms with Crippen LogP contribution in [0.25, 0.3) is 55.7 Å². The Balaban J connectivity index is 1.65. The molecule has 2 aliphatic carbocycles. The van der Waals surface area contributed by atoms with Gasteiger partial charge in [0.15, 0.2) is 0 Å². The zero-order chi connectivity index (χ0) is 41.1. The van der Waals surface area contributed by atoms with Crippen molar-refractivity contribution in [2.24, 2.45) is 0 Å². The fraction of sp³-hybridized carbons (Fsp3) is 0. The summed E-state index contributed by atoms with van der Waals surface area (Å²) in [5, 5.41) is 105. The van der Waals surface area contributed by atoms with E-state index in [1.54, 1.807) is 60.7 Å².